The zero-order valence-electron chi connectivity index (χ0n) is 8.21. The zero-order chi connectivity index (χ0) is 12.3. The average Bonchev–Trinajstić information content (AvgIpc) is 2.14. The van der Waals surface area contributed by atoms with E-state index < -0.39 is 12.4 Å². The lowest BCUT2D eigenvalue weighted by molar-refractivity contribution is -0.136. The van der Waals surface area contributed by atoms with E-state index in [1.807, 2.05) is 0 Å². The molecule has 0 aliphatic carbocycles. The molecule has 0 unspecified atom stereocenters. The van der Waals surface area contributed by atoms with Gasteiger partial charge in [0.05, 0.1) is 24.8 Å². The van der Waals surface area contributed by atoms with Crippen LogP contribution in [0.25, 0.3) is 0 Å². The van der Waals surface area contributed by atoms with Gasteiger partial charge in [-0.3, -0.25) is 4.79 Å². The Morgan fingerprint density at radius 2 is 2.31 bits per heavy atom. The van der Waals surface area contributed by atoms with Crippen molar-refractivity contribution in [3.8, 4) is 5.88 Å². The van der Waals surface area contributed by atoms with Crippen LogP contribution in [0.4, 0.5) is 8.78 Å². The van der Waals surface area contributed by atoms with Crippen molar-refractivity contribution >= 4 is 21.9 Å². The fourth-order valence-corrected chi connectivity index (χ4v) is 1.75. The largest absolute Gasteiger partial charge is 0.481 e. The van der Waals surface area contributed by atoms with E-state index in [1.54, 1.807) is 0 Å². The first-order valence-electron chi connectivity index (χ1n) is 4.19. The number of methoxy groups -OCH3 is 1. The van der Waals surface area contributed by atoms with Gasteiger partial charge in [0.15, 0.2) is 0 Å². The molecular weight excluding hydrogens is 288 g/mol. The van der Waals surface area contributed by atoms with E-state index in [1.165, 1.54) is 13.2 Å². The minimum Gasteiger partial charge on any atom is -0.481 e. The highest BCUT2D eigenvalue weighted by Gasteiger charge is 2.20. The van der Waals surface area contributed by atoms with Crippen LogP contribution in [0.1, 0.15) is 17.7 Å². The first-order valence-corrected chi connectivity index (χ1v) is 4.98. The fraction of sp³-hybridized carbons (Fsp3) is 0.333. The summed E-state index contributed by atoms with van der Waals surface area (Å²) >= 11 is 2.94. The number of carbonyl (C=O) groups is 1. The predicted octanol–water partition coefficient (Wildman–Crippen LogP) is 2.42. The summed E-state index contributed by atoms with van der Waals surface area (Å²) < 4.78 is 30.0. The van der Waals surface area contributed by atoms with Gasteiger partial charge in [-0.05, 0) is 6.07 Å². The summed E-state index contributed by atoms with van der Waals surface area (Å²) in [5.74, 6) is -1.35. The third-order valence-electron chi connectivity index (χ3n) is 1.77. The third-order valence-corrected chi connectivity index (χ3v) is 2.43. The van der Waals surface area contributed by atoms with Crippen LogP contribution in [0.5, 0.6) is 5.88 Å². The second kappa shape index (κ2) is 5.20. The van der Waals surface area contributed by atoms with Gasteiger partial charge in [0, 0.05) is 4.47 Å². The van der Waals surface area contributed by atoms with Crippen molar-refractivity contribution in [3.05, 3.63) is 21.8 Å². The Hall–Kier alpha value is -1.24. The van der Waals surface area contributed by atoms with E-state index in [0.717, 1.165) is 0 Å². The highest BCUT2D eigenvalue weighted by Crippen LogP contribution is 2.34. The summed E-state index contributed by atoms with van der Waals surface area (Å²) in [4.78, 5) is 14.2. The average molecular weight is 296 g/mol. The van der Waals surface area contributed by atoms with Crippen molar-refractivity contribution in [3.63, 3.8) is 0 Å². The molecule has 0 saturated carbocycles. The molecule has 0 radical (unpaired) electrons. The molecule has 1 rings (SSSR count). The van der Waals surface area contributed by atoms with Crippen molar-refractivity contribution in [2.45, 2.75) is 12.8 Å². The SMILES string of the molecule is COc1nc(CC(=O)O)cc(Br)c1C(F)F. The molecular formula is C9H8BrF2NO3. The molecule has 0 aliphatic heterocycles. The van der Waals surface area contributed by atoms with E-state index in [0.29, 0.717) is 0 Å². The summed E-state index contributed by atoms with van der Waals surface area (Å²) in [5, 5.41) is 8.56. The Balaban J connectivity index is 3.20. The molecule has 0 spiro atoms. The molecule has 1 heterocycles. The highest BCUT2D eigenvalue weighted by atomic mass is 79.9. The molecule has 1 aromatic heterocycles. The van der Waals surface area contributed by atoms with Gasteiger partial charge in [0.2, 0.25) is 5.88 Å². The lowest BCUT2D eigenvalue weighted by Gasteiger charge is -2.10. The first-order chi connectivity index (χ1) is 7.45. The number of ether oxygens (including phenoxy) is 1. The number of carboxylic acid groups (broad SMARTS) is 1. The van der Waals surface area contributed by atoms with Gasteiger partial charge in [-0.1, -0.05) is 15.9 Å². The number of hydrogen-bond donors (Lipinski definition) is 1. The molecule has 0 atom stereocenters. The Morgan fingerprint density at radius 1 is 1.69 bits per heavy atom. The minimum atomic E-state index is -2.74. The summed E-state index contributed by atoms with van der Waals surface area (Å²) in [7, 11) is 1.20. The van der Waals surface area contributed by atoms with Gasteiger partial charge in [-0.25, -0.2) is 13.8 Å². The van der Waals surface area contributed by atoms with Crippen molar-refractivity contribution in [2.75, 3.05) is 7.11 Å². The smallest absolute Gasteiger partial charge is 0.309 e. The third kappa shape index (κ3) is 2.88. The molecule has 0 amide bonds. The maximum atomic E-state index is 12.6. The Labute approximate surface area is 98.4 Å². The Morgan fingerprint density at radius 3 is 2.75 bits per heavy atom. The van der Waals surface area contributed by atoms with Gasteiger partial charge in [0.1, 0.15) is 0 Å². The van der Waals surface area contributed by atoms with E-state index >= 15 is 0 Å². The van der Waals surface area contributed by atoms with Crippen LogP contribution in [0.3, 0.4) is 0 Å². The van der Waals surface area contributed by atoms with Gasteiger partial charge < -0.3 is 9.84 Å². The second-order valence-electron chi connectivity index (χ2n) is 2.89. The summed E-state index contributed by atoms with van der Waals surface area (Å²) in [6.07, 6.45) is -3.09. The molecule has 0 fully saturated rings. The monoisotopic (exact) mass is 295 g/mol. The standard InChI is InChI=1S/C9H8BrF2NO3/c1-16-9-7(8(11)12)5(10)2-4(13-9)3-6(14)15/h2,8H,3H2,1H3,(H,14,15). The number of nitrogens with zero attached hydrogens (tertiary/aromatic N) is 1. The van der Waals surface area contributed by atoms with Gasteiger partial charge >= 0.3 is 5.97 Å². The summed E-state index contributed by atoms with van der Waals surface area (Å²) in [6, 6.07) is 1.25. The lowest BCUT2D eigenvalue weighted by atomic mass is 10.2. The lowest BCUT2D eigenvalue weighted by Crippen LogP contribution is -2.06. The molecule has 4 nitrogen and oxygen atoms in total. The van der Waals surface area contributed by atoms with Crippen LogP contribution >= 0.6 is 15.9 Å². The fourth-order valence-electron chi connectivity index (χ4n) is 1.15. The van der Waals surface area contributed by atoms with Gasteiger partial charge in [-0.2, -0.15) is 0 Å². The number of rotatable bonds is 4. The van der Waals surface area contributed by atoms with E-state index in [9.17, 15) is 13.6 Å². The normalized spacial score (nSPS) is 10.6. The molecule has 0 saturated heterocycles. The maximum absolute atomic E-state index is 12.6. The summed E-state index contributed by atoms with van der Waals surface area (Å²) in [6.45, 7) is 0. The van der Waals surface area contributed by atoms with Crippen molar-refractivity contribution < 1.29 is 23.4 Å². The summed E-state index contributed by atoms with van der Waals surface area (Å²) in [5.41, 5.74) is -0.225. The number of aliphatic carboxylic acids is 1. The number of hydrogen-bond acceptors (Lipinski definition) is 3. The number of carboxylic acids is 1. The van der Waals surface area contributed by atoms with Crippen LogP contribution in [0, 0.1) is 0 Å². The first kappa shape index (κ1) is 12.8. The molecule has 0 bridgehead atoms. The van der Waals surface area contributed by atoms with Crippen LogP contribution in [0.15, 0.2) is 10.5 Å². The van der Waals surface area contributed by atoms with Gasteiger partial charge in [0.25, 0.3) is 6.43 Å². The molecule has 88 valence electrons. The highest BCUT2D eigenvalue weighted by molar-refractivity contribution is 9.10. The van der Waals surface area contributed by atoms with Crippen LogP contribution < -0.4 is 4.74 Å². The Bertz CT molecular complexity index is 412. The number of pyridine rings is 1. The number of alkyl halides is 2. The van der Waals surface area contributed by atoms with E-state index in [4.69, 9.17) is 9.84 Å². The molecule has 16 heavy (non-hydrogen) atoms. The topological polar surface area (TPSA) is 59.4 Å². The minimum absolute atomic E-state index is 0.0885. The maximum Gasteiger partial charge on any atom is 0.309 e. The van der Waals surface area contributed by atoms with E-state index in [-0.39, 0.29) is 28.0 Å². The predicted molar refractivity (Wildman–Crippen MR) is 54.8 cm³/mol. The van der Waals surface area contributed by atoms with Crippen LogP contribution in [-0.4, -0.2) is 23.2 Å². The second-order valence-corrected chi connectivity index (χ2v) is 3.74. The van der Waals surface area contributed by atoms with E-state index in [2.05, 4.69) is 20.9 Å². The molecule has 1 aromatic rings. The van der Waals surface area contributed by atoms with Crippen LogP contribution in [0.2, 0.25) is 0 Å². The van der Waals surface area contributed by atoms with Crippen LogP contribution in [-0.2, 0) is 11.2 Å². The zero-order valence-corrected chi connectivity index (χ0v) is 9.79. The van der Waals surface area contributed by atoms with Gasteiger partial charge in [-0.15, -0.1) is 0 Å². The van der Waals surface area contributed by atoms with Crippen molar-refractivity contribution in [2.24, 2.45) is 0 Å². The molecule has 7 heteroatoms. The molecule has 1 N–H and O–H groups in total. The Kier molecular flexibility index (Phi) is 4.17. The van der Waals surface area contributed by atoms with Crippen molar-refractivity contribution in [1.29, 1.82) is 0 Å². The number of aromatic nitrogens is 1. The molecule has 0 aromatic carbocycles. The quantitative estimate of drug-likeness (QED) is 0.927. The number of halogens is 3. The molecule has 0 aliphatic rings. The van der Waals surface area contributed by atoms with Crippen molar-refractivity contribution in [1.82, 2.24) is 4.98 Å².